The molecule has 1 heterocycles. The molecule has 1 aromatic heterocycles. The van der Waals surface area contributed by atoms with Gasteiger partial charge in [0.1, 0.15) is 35.1 Å². The second kappa shape index (κ2) is 8.72. The van der Waals surface area contributed by atoms with E-state index < -0.39 is 5.91 Å². The highest BCUT2D eigenvalue weighted by Crippen LogP contribution is 2.29. The number of nitrogens with one attached hydrogen (secondary N) is 2. The van der Waals surface area contributed by atoms with Gasteiger partial charge >= 0.3 is 0 Å². The van der Waals surface area contributed by atoms with Gasteiger partial charge in [-0.05, 0) is 24.3 Å². The first-order valence-corrected chi connectivity index (χ1v) is 8.40. The molecule has 8 heteroatoms. The minimum absolute atomic E-state index is 0.192. The summed E-state index contributed by atoms with van der Waals surface area (Å²) in [6.07, 6.45) is 1.31. The Labute approximate surface area is 162 Å². The maximum Gasteiger partial charge on any atom is 0.274 e. The van der Waals surface area contributed by atoms with Gasteiger partial charge in [0.05, 0.1) is 32.7 Å². The Morgan fingerprint density at radius 3 is 2.36 bits per heavy atom. The molecule has 0 aliphatic rings. The van der Waals surface area contributed by atoms with Gasteiger partial charge < -0.3 is 24.8 Å². The quantitative estimate of drug-likeness (QED) is 0.648. The molecule has 28 heavy (non-hydrogen) atoms. The molecule has 3 rings (SSSR count). The van der Waals surface area contributed by atoms with Crippen LogP contribution in [-0.4, -0.2) is 37.2 Å². The fraction of sp³-hybridized carbons (Fsp3) is 0.150. The molecule has 2 aromatic carbocycles. The predicted octanol–water partition coefficient (Wildman–Crippen LogP) is 3.50. The van der Waals surface area contributed by atoms with E-state index in [1.54, 1.807) is 38.5 Å². The van der Waals surface area contributed by atoms with Gasteiger partial charge in [-0.15, -0.1) is 0 Å². The highest BCUT2D eigenvalue weighted by Gasteiger charge is 2.14. The van der Waals surface area contributed by atoms with E-state index in [9.17, 15) is 4.79 Å². The van der Waals surface area contributed by atoms with Crippen LogP contribution in [0.2, 0.25) is 0 Å². The number of para-hydroxylation sites is 2. The zero-order valence-electron chi connectivity index (χ0n) is 15.7. The summed E-state index contributed by atoms with van der Waals surface area (Å²) in [6.45, 7) is 0. The number of aromatic nitrogens is 2. The van der Waals surface area contributed by atoms with Crippen molar-refractivity contribution >= 4 is 23.1 Å². The fourth-order valence-electron chi connectivity index (χ4n) is 2.53. The SMILES string of the molecule is COc1ccc(OC)c(NC(=O)c2cc(Nc3ccccc3OC)ncn2)c1. The van der Waals surface area contributed by atoms with Crippen molar-refractivity contribution in [3.63, 3.8) is 0 Å². The van der Waals surface area contributed by atoms with Crippen LogP contribution in [0.4, 0.5) is 17.2 Å². The summed E-state index contributed by atoms with van der Waals surface area (Å²) in [5.74, 6) is 1.82. The van der Waals surface area contributed by atoms with Gasteiger partial charge in [-0.3, -0.25) is 4.79 Å². The molecule has 144 valence electrons. The third-order valence-electron chi connectivity index (χ3n) is 3.92. The largest absolute Gasteiger partial charge is 0.497 e. The Hall–Kier alpha value is -3.81. The Morgan fingerprint density at radius 2 is 1.61 bits per heavy atom. The molecule has 0 spiro atoms. The van der Waals surface area contributed by atoms with Crippen LogP contribution >= 0.6 is 0 Å². The zero-order chi connectivity index (χ0) is 19.9. The van der Waals surface area contributed by atoms with Crippen LogP contribution in [0, 0.1) is 0 Å². The number of carbonyl (C=O) groups is 1. The number of nitrogens with zero attached hydrogens (tertiary/aromatic N) is 2. The maximum absolute atomic E-state index is 12.7. The van der Waals surface area contributed by atoms with Crippen molar-refractivity contribution in [3.05, 3.63) is 60.6 Å². The first-order valence-electron chi connectivity index (χ1n) is 8.40. The van der Waals surface area contributed by atoms with Gasteiger partial charge in [0.15, 0.2) is 0 Å². The number of amides is 1. The average Bonchev–Trinajstić information content (AvgIpc) is 2.74. The summed E-state index contributed by atoms with van der Waals surface area (Å²) in [7, 11) is 4.66. The summed E-state index contributed by atoms with van der Waals surface area (Å²) < 4.78 is 15.8. The first-order chi connectivity index (χ1) is 13.6. The molecule has 0 aliphatic heterocycles. The molecule has 3 aromatic rings. The summed E-state index contributed by atoms with van der Waals surface area (Å²) in [6, 6.07) is 14.1. The summed E-state index contributed by atoms with van der Waals surface area (Å²) in [4.78, 5) is 20.9. The van der Waals surface area contributed by atoms with Crippen LogP contribution in [-0.2, 0) is 0 Å². The van der Waals surface area contributed by atoms with Crippen molar-refractivity contribution < 1.29 is 19.0 Å². The predicted molar refractivity (Wildman–Crippen MR) is 106 cm³/mol. The Bertz CT molecular complexity index is 978. The smallest absolute Gasteiger partial charge is 0.274 e. The standard InChI is InChI=1S/C20H20N4O4/c1-26-13-8-9-18(28-3)15(10-13)24-20(25)16-11-19(22-12-21-16)23-14-6-4-5-7-17(14)27-2/h4-12H,1-3H3,(H,24,25)(H,21,22,23). The normalized spacial score (nSPS) is 10.1. The molecular weight excluding hydrogens is 360 g/mol. The van der Waals surface area contributed by atoms with Crippen LogP contribution in [0.3, 0.4) is 0 Å². The molecule has 2 N–H and O–H groups in total. The van der Waals surface area contributed by atoms with Gasteiger partial charge in [-0.25, -0.2) is 9.97 Å². The van der Waals surface area contributed by atoms with Crippen molar-refractivity contribution in [2.24, 2.45) is 0 Å². The second-order valence-corrected chi connectivity index (χ2v) is 5.63. The lowest BCUT2D eigenvalue weighted by atomic mass is 10.2. The van der Waals surface area contributed by atoms with E-state index in [4.69, 9.17) is 14.2 Å². The fourth-order valence-corrected chi connectivity index (χ4v) is 2.53. The molecular formula is C20H20N4O4. The van der Waals surface area contributed by atoms with Crippen molar-refractivity contribution in [2.45, 2.75) is 0 Å². The van der Waals surface area contributed by atoms with E-state index in [2.05, 4.69) is 20.6 Å². The van der Waals surface area contributed by atoms with E-state index in [1.807, 2.05) is 24.3 Å². The summed E-state index contributed by atoms with van der Waals surface area (Å²) in [5, 5.41) is 5.90. The molecule has 0 bridgehead atoms. The molecule has 0 aliphatic carbocycles. The highest BCUT2D eigenvalue weighted by atomic mass is 16.5. The van der Waals surface area contributed by atoms with E-state index >= 15 is 0 Å². The van der Waals surface area contributed by atoms with E-state index in [-0.39, 0.29) is 5.69 Å². The lowest BCUT2D eigenvalue weighted by Crippen LogP contribution is -2.15. The molecule has 0 atom stereocenters. The van der Waals surface area contributed by atoms with Crippen LogP contribution in [0.1, 0.15) is 10.5 Å². The van der Waals surface area contributed by atoms with Gasteiger partial charge in [-0.1, -0.05) is 12.1 Å². The molecule has 0 saturated heterocycles. The van der Waals surface area contributed by atoms with E-state index in [0.717, 1.165) is 5.69 Å². The van der Waals surface area contributed by atoms with Gasteiger partial charge in [0.2, 0.25) is 0 Å². The minimum atomic E-state index is -0.406. The van der Waals surface area contributed by atoms with E-state index in [0.29, 0.717) is 28.8 Å². The monoisotopic (exact) mass is 380 g/mol. The highest BCUT2D eigenvalue weighted by molar-refractivity contribution is 6.04. The molecule has 0 fully saturated rings. The summed E-state index contributed by atoms with van der Waals surface area (Å²) >= 11 is 0. The molecule has 8 nitrogen and oxygen atoms in total. The second-order valence-electron chi connectivity index (χ2n) is 5.63. The third-order valence-corrected chi connectivity index (χ3v) is 3.92. The Kier molecular flexibility index (Phi) is 5.91. The topological polar surface area (TPSA) is 94.6 Å². The first kappa shape index (κ1) is 19.0. The van der Waals surface area contributed by atoms with Crippen molar-refractivity contribution in [2.75, 3.05) is 32.0 Å². The number of hydrogen-bond acceptors (Lipinski definition) is 7. The number of hydrogen-bond donors (Lipinski definition) is 2. The average molecular weight is 380 g/mol. The lowest BCUT2D eigenvalue weighted by Gasteiger charge is -2.12. The van der Waals surface area contributed by atoms with Crippen LogP contribution in [0.5, 0.6) is 17.2 Å². The zero-order valence-corrected chi connectivity index (χ0v) is 15.7. The van der Waals surface area contributed by atoms with Crippen molar-refractivity contribution in [1.29, 1.82) is 0 Å². The Balaban J connectivity index is 1.81. The molecule has 0 unspecified atom stereocenters. The molecule has 0 saturated carbocycles. The van der Waals surface area contributed by atoms with Crippen molar-refractivity contribution in [1.82, 2.24) is 9.97 Å². The van der Waals surface area contributed by atoms with Crippen LogP contribution in [0.25, 0.3) is 0 Å². The van der Waals surface area contributed by atoms with Gasteiger partial charge in [-0.2, -0.15) is 0 Å². The van der Waals surface area contributed by atoms with Crippen molar-refractivity contribution in [3.8, 4) is 17.2 Å². The number of ether oxygens (including phenoxy) is 3. The van der Waals surface area contributed by atoms with Gasteiger partial charge in [0.25, 0.3) is 5.91 Å². The minimum Gasteiger partial charge on any atom is -0.497 e. The number of methoxy groups -OCH3 is 3. The van der Waals surface area contributed by atoms with Gasteiger partial charge in [0, 0.05) is 12.1 Å². The molecule has 1 amide bonds. The van der Waals surface area contributed by atoms with E-state index in [1.165, 1.54) is 13.4 Å². The maximum atomic E-state index is 12.7. The molecule has 0 radical (unpaired) electrons. The lowest BCUT2D eigenvalue weighted by molar-refractivity contribution is 0.102. The van der Waals surface area contributed by atoms with Crippen LogP contribution in [0.15, 0.2) is 54.9 Å². The summed E-state index contributed by atoms with van der Waals surface area (Å²) in [5.41, 5.74) is 1.39. The number of carbonyl (C=O) groups excluding carboxylic acids is 1. The number of anilines is 3. The number of rotatable bonds is 7. The Morgan fingerprint density at radius 1 is 0.857 bits per heavy atom. The number of benzene rings is 2. The third kappa shape index (κ3) is 4.29. The van der Waals surface area contributed by atoms with Crippen LogP contribution < -0.4 is 24.8 Å².